The number of rotatable bonds is 6. The van der Waals surface area contributed by atoms with Crippen LogP contribution in [0.4, 0.5) is 10.5 Å². The molecule has 0 saturated carbocycles. The highest BCUT2D eigenvalue weighted by atomic mass is 16.5. The van der Waals surface area contributed by atoms with Crippen LogP contribution in [0, 0.1) is 11.8 Å². The fourth-order valence-electron chi connectivity index (χ4n) is 5.48. The summed E-state index contributed by atoms with van der Waals surface area (Å²) in [7, 11) is 1.67. The molecule has 3 saturated heterocycles. The van der Waals surface area contributed by atoms with Crippen LogP contribution in [0.1, 0.15) is 24.4 Å². The number of pyridine rings is 1. The summed E-state index contributed by atoms with van der Waals surface area (Å²) in [6.45, 7) is 6.09. The zero-order chi connectivity index (χ0) is 22.8. The number of para-hydroxylation sites is 1. The molecule has 6 nitrogen and oxygen atoms in total. The molecule has 5 unspecified atom stereocenters. The molecule has 0 spiro atoms. The second-order valence-electron chi connectivity index (χ2n) is 8.97. The van der Waals surface area contributed by atoms with Crippen molar-refractivity contribution < 1.29 is 9.53 Å². The number of methoxy groups -OCH3 is 1. The van der Waals surface area contributed by atoms with Gasteiger partial charge in [0, 0.05) is 29.9 Å². The molecule has 3 aliphatic heterocycles. The van der Waals surface area contributed by atoms with Crippen LogP contribution in [0.15, 0.2) is 73.4 Å². The molecule has 33 heavy (non-hydrogen) atoms. The Morgan fingerprint density at radius 1 is 1.24 bits per heavy atom. The van der Waals surface area contributed by atoms with Crippen LogP contribution >= 0.6 is 0 Å². The molecule has 2 amide bonds. The Hall–Kier alpha value is -3.38. The van der Waals surface area contributed by atoms with E-state index in [1.165, 1.54) is 6.42 Å². The molecular formula is C27H30N4O2. The maximum Gasteiger partial charge on any atom is 0.319 e. The van der Waals surface area contributed by atoms with Crippen molar-refractivity contribution >= 4 is 22.6 Å². The van der Waals surface area contributed by atoms with E-state index in [9.17, 15) is 4.79 Å². The lowest BCUT2D eigenvalue weighted by molar-refractivity contribution is 0.00340. The first kappa shape index (κ1) is 21.5. The third-order valence-electron chi connectivity index (χ3n) is 7.17. The fraction of sp³-hybridized carbons (Fsp3) is 0.333. The highest BCUT2D eigenvalue weighted by molar-refractivity contribution is 5.90. The number of carbonyl (C=O) groups excluding carboxylic acids is 1. The van der Waals surface area contributed by atoms with E-state index in [0.717, 1.165) is 47.4 Å². The molecule has 2 N–H and O–H groups in total. The molecule has 6 heteroatoms. The first-order valence-electron chi connectivity index (χ1n) is 11.6. The van der Waals surface area contributed by atoms with Gasteiger partial charge in [-0.3, -0.25) is 9.88 Å². The van der Waals surface area contributed by atoms with Gasteiger partial charge in [-0.1, -0.05) is 24.3 Å². The van der Waals surface area contributed by atoms with E-state index in [4.69, 9.17) is 4.74 Å². The van der Waals surface area contributed by atoms with Crippen LogP contribution in [0.5, 0.6) is 5.75 Å². The van der Waals surface area contributed by atoms with Crippen molar-refractivity contribution in [3.63, 3.8) is 0 Å². The highest BCUT2D eigenvalue weighted by Crippen LogP contribution is 2.42. The van der Waals surface area contributed by atoms with E-state index >= 15 is 0 Å². The number of hydrogen-bond acceptors (Lipinski definition) is 4. The SMILES string of the molecule is C=CC1CN2CCC1CC2C(NC(=O)Nc1ccccc1)c1ccnc2ccc(OC)cc12. The molecule has 0 radical (unpaired) electrons. The second kappa shape index (κ2) is 9.24. The molecule has 170 valence electrons. The Balaban J connectivity index is 1.51. The Morgan fingerprint density at radius 3 is 2.82 bits per heavy atom. The summed E-state index contributed by atoms with van der Waals surface area (Å²) in [5.74, 6) is 1.89. The van der Waals surface area contributed by atoms with Crippen LogP contribution in [-0.2, 0) is 0 Å². The second-order valence-corrected chi connectivity index (χ2v) is 8.97. The number of hydrogen-bond donors (Lipinski definition) is 2. The van der Waals surface area contributed by atoms with Crippen molar-refractivity contribution in [1.82, 2.24) is 15.2 Å². The lowest BCUT2D eigenvalue weighted by atomic mass is 9.73. The molecule has 5 atom stereocenters. The van der Waals surface area contributed by atoms with Crippen molar-refractivity contribution in [3.8, 4) is 5.75 Å². The molecule has 4 heterocycles. The lowest BCUT2D eigenvalue weighted by Crippen LogP contribution is -2.57. The standard InChI is InChI=1S/C27H30N4O2/c1-3-18-17-31-14-12-19(18)15-25(31)26(30-27(32)29-20-7-5-4-6-8-20)22-11-13-28-24-10-9-21(33-2)16-23(22)24/h3-11,13,16,18-19,25-26H,1,12,14-15,17H2,2H3,(H2,29,30,32). The average Bonchev–Trinajstić information content (AvgIpc) is 2.87. The van der Waals surface area contributed by atoms with Gasteiger partial charge in [-0.25, -0.2) is 4.79 Å². The average molecular weight is 443 g/mol. The number of piperidine rings is 3. The maximum atomic E-state index is 13.1. The largest absolute Gasteiger partial charge is 0.497 e. The molecule has 2 aromatic carbocycles. The van der Waals surface area contributed by atoms with Crippen LogP contribution in [0.25, 0.3) is 10.9 Å². The summed E-state index contributed by atoms with van der Waals surface area (Å²) in [5, 5.41) is 7.31. The Morgan fingerprint density at radius 2 is 2.09 bits per heavy atom. The molecular weight excluding hydrogens is 412 g/mol. The van der Waals surface area contributed by atoms with Crippen LogP contribution in [0.3, 0.4) is 0 Å². The van der Waals surface area contributed by atoms with Crippen molar-refractivity contribution in [1.29, 1.82) is 0 Å². The number of nitrogens with one attached hydrogen (secondary N) is 2. The minimum atomic E-state index is -0.207. The number of amides is 2. The van der Waals surface area contributed by atoms with E-state index in [1.54, 1.807) is 7.11 Å². The number of anilines is 1. The summed E-state index contributed by atoms with van der Waals surface area (Å²) < 4.78 is 5.49. The first-order chi connectivity index (χ1) is 16.2. The van der Waals surface area contributed by atoms with Gasteiger partial charge in [-0.05, 0) is 73.2 Å². The zero-order valence-corrected chi connectivity index (χ0v) is 18.9. The summed E-state index contributed by atoms with van der Waals surface area (Å²) >= 11 is 0. The number of ether oxygens (including phenoxy) is 1. The number of fused-ring (bicyclic) bond motifs is 4. The quantitative estimate of drug-likeness (QED) is 0.527. The third kappa shape index (κ3) is 4.31. The Kier molecular flexibility index (Phi) is 6.01. The van der Waals surface area contributed by atoms with E-state index < -0.39 is 0 Å². The maximum absolute atomic E-state index is 13.1. The van der Waals surface area contributed by atoms with Gasteiger partial charge >= 0.3 is 6.03 Å². The molecule has 2 bridgehead atoms. The van der Waals surface area contributed by atoms with E-state index in [1.807, 2.05) is 60.8 Å². The number of urea groups is 1. The van der Waals surface area contributed by atoms with E-state index in [0.29, 0.717) is 11.8 Å². The first-order valence-corrected chi connectivity index (χ1v) is 11.6. The van der Waals surface area contributed by atoms with Crippen LogP contribution in [0.2, 0.25) is 0 Å². The fourth-order valence-corrected chi connectivity index (χ4v) is 5.48. The zero-order valence-electron chi connectivity index (χ0n) is 18.9. The third-order valence-corrected chi connectivity index (χ3v) is 7.17. The van der Waals surface area contributed by atoms with Gasteiger partial charge in [0.25, 0.3) is 0 Å². The van der Waals surface area contributed by atoms with Gasteiger partial charge in [0.05, 0.1) is 18.7 Å². The predicted octanol–water partition coefficient (Wildman–Crippen LogP) is 5.00. The minimum absolute atomic E-state index is 0.181. The number of aromatic nitrogens is 1. The van der Waals surface area contributed by atoms with Crippen molar-refractivity contribution in [2.45, 2.75) is 24.9 Å². The Bertz CT molecular complexity index is 1150. The molecule has 6 rings (SSSR count). The molecule has 1 aromatic heterocycles. The topological polar surface area (TPSA) is 66.5 Å². The molecule has 0 aliphatic carbocycles. The normalized spacial score (nSPS) is 24.8. The van der Waals surface area contributed by atoms with Gasteiger partial charge < -0.3 is 15.4 Å². The molecule has 3 aromatic rings. The van der Waals surface area contributed by atoms with Crippen molar-refractivity contribution in [3.05, 3.63) is 79.0 Å². The molecule has 3 fully saturated rings. The Labute approximate surface area is 194 Å². The van der Waals surface area contributed by atoms with Gasteiger partial charge in [0.15, 0.2) is 0 Å². The summed E-state index contributed by atoms with van der Waals surface area (Å²) in [6, 6.07) is 17.3. The van der Waals surface area contributed by atoms with Crippen LogP contribution < -0.4 is 15.4 Å². The molecule has 3 aliphatic rings. The van der Waals surface area contributed by atoms with E-state index in [2.05, 4.69) is 33.2 Å². The number of benzene rings is 2. The minimum Gasteiger partial charge on any atom is -0.497 e. The van der Waals surface area contributed by atoms with Gasteiger partial charge in [0.2, 0.25) is 0 Å². The number of nitrogens with zero attached hydrogens (tertiary/aromatic N) is 2. The summed E-state index contributed by atoms with van der Waals surface area (Å²) in [6.07, 6.45) is 6.14. The van der Waals surface area contributed by atoms with Gasteiger partial charge in [-0.15, -0.1) is 6.58 Å². The lowest BCUT2D eigenvalue weighted by Gasteiger charge is -2.51. The number of carbonyl (C=O) groups is 1. The van der Waals surface area contributed by atoms with Gasteiger partial charge in [-0.2, -0.15) is 0 Å². The van der Waals surface area contributed by atoms with Crippen molar-refractivity contribution in [2.75, 3.05) is 25.5 Å². The smallest absolute Gasteiger partial charge is 0.319 e. The van der Waals surface area contributed by atoms with Crippen molar-refractivity contribution in [2.24, 2.45) is 11.8 Å². The van der Waals surface area contributed by atoms with Crippen LogP contribution in [-0.4, -0.2) is 42.2 Å². The predicted molar refractivity (Wildman–Crippen MR) is 131 cm³/mol. The summed E-state index contributed by atoms with van der Waals surface area (Å²) in [5.41, 5.74) is 2.73. The van der Waals surface area contributed by atoms with Gasteiger partial charge in [0.1, 0.15) is 5.75 Å². The van der Waals surface area contributed by atoms with E-state index in [-0.39, 0.29) is 18.1 Å². The highest BCUT2D eigenvalue weighted by Gasteiger charge is 2.43. The monoisotopic (exact) mass is 442 g/mol. The summed E-state index contributed by atoms with van der Waals surface area (Å²) in [4.78, 5) is 20.2.